The lowest BCUT2D eigenvalue weighted by Gasteiger charge is -2.33. The van der Waals surface area contributed by atoms with Crippen molar-refractivity contribution >= 4 is 34.7 Å². The van der Waals surface area contributed by atoms with E-state index in [1.807, 2.05) is 18.9 Å². The Hall–Kier alpha value is -3.63. The number of piperidine rings is 1. The van der Waals surface area contributed by atoms with Gasteiger partial charge in [-0.2, -0.15) is 18.3 Å². The molecule has 1 fully saturated rings. The van der Waals surface area contributed by atoms with E-state index in [4.69, 9.17) is 4.74 Å². The molecule has 0 aliphatic carbocycles. The number of aromatic nitrogens is 2. The number of fused-ring (bicyclic) bond motifs is 1. The van der Waals surface area contributed by atoms with Crippen LogP contribution in [0.15, 0.2) is 41.3 Å². The smallest absolute Gasteiger partial charge is 0.446 e. The van der Waals surface area contributed by atoms with E-state index in [0.717, 1.165) is 0 Å². The predicted octanol–water partition coefficient (Wildman–Crippen LogP) is 4.62. The van der Waals surface area contributed by atoms with Crippen LogP contribution >= 0.6 is 11.8 Å². The Bertz CT molecular complexity index is 1420. The first kappa shape index (κ1) is 29.4. The number of rotatable bonds is 8. The van der Waals surface area contributed by atoms with E-state index in [2.05, 4.69) is 32.9 Å². The van der Waals surface area contributed by atoms with Crippen LogP contribution in [-0.4, -0.2) is 78.5 Å². The molecular formula is C27H30F4N6O2S. The number of anilines is 2. The summed E-state index contributed by atoms with van der Waals surface area (Å²) in [6.07, 6.45) is -0.586. The maximum atomic E-state index is 14.6. The van der Waals surface area contributed by atoms with Crippen LogP contribution in [0.4, 0.5) is 29.1 Å². The highest BCUT2D eigenvalue weighted by Gasteiger charge is 2.33. The summed E-state index contributed by atoms with van der Waals surface area (Å²) < 4.78 is 61.8. The normalized spacial score (nSPS) is 17.7. The molecule has 3 N–H and O–H groups in total. The van der Waals surface area contributed by atoms with E-state index in [9.17, 15) is 22.4 Å². The summed E-state index contributed by atoms with van der Waals surface area (Å²) in [5.41, 5.74) is -3.39. The zero-order valence-corrected chi connectivity index (χ0v) is 23.0. The van der Waals surface area contributed by atoms with E-state index < -0.39 is 17.7 Å². The lowest BCUT2D eigenvalue weighted by Crippen LogP contribution is -2.46. The summed E-state index contributed by atoms with van der Waals surface area (Å²) in [4.78, 5) is 13.8. The van der Waals surface area contributed by atoms with Crippen molar-refractivity contribution in [1.82, 2.24) is 19.8 Å². The first-order chi connectivity index (χ1) is 19.1. The molecule has 1 amide bonds. The number of thioether (sulfide) groups is 1. The number of alkyl halides is 4. The van der Waals surface area contributed by atoms with Crippen molar-refractivity contribution in [2.75, 3.05) is 51.0 Å². The molecule has 3 heterocycles. The molecule has 2 atom stereocenters. The molecule has 214 valence electrons. The quantitative estimate of drug-likeness (QED) is 0.204. The second kappa shape index (κ2) is 12.7. The predicted molar refractivity (Wildman–Crippen MR) is 148 cm³/mol. The third kappa shape index (κ3) is 7.11. The number of ether oxygens (including phenoxy) is 1. The molecule has 0 unspecified atom stereocenters. The number of likely N-dealkylation sites (tertiary alicyclic amines) is 1. The molecule has 1 saturated heterocycles. The molecule has 3 aromatic rings. The molecule has 2 aromatic heterocycles. The lowest BCUT2D eigenvalue weighted by atomic mass is 10.0. The molecular weight excluding hydrogens is 548 g/mol. The van der Waals surface area contributed by atoms with E-state index in [1.54, 1.807) is 30.3 Å². The highest BCUT2D eigenvalue weighted by Crippen LogP contribution is 2.41. The molecule has 1 aliphatic rings. The van der Waals surface area contributed by atoms with Gasteiger partial charge in [-0.15, -0.1) is 0 Å². The van der Waals surface area contributed by atoms with E-state index >= 15 is 0 Å². The zero-order chi connectivity index (χ0) is 28.9. The van der Waals surface area contributed by atoms with Gasteiger partial charge in [-0.1, -0.05) is 12.0 Å². The monoisotopic (exact) mass is 578 g/mol. The largest absolute Gasteiger partial charge is 0.495 e. The molecule has 0 bridgehead atoms. The summed E-state index contributed by atoms with van der Waals surface area (Å²) in [7, 11) is 3.31. The number of carbonyl (C=O) groups excluding carboxylic acids is 1. The van der Waals surface area contributed by atoms with Crippen LogP contribution in [0.3, 0.4) is 0 Å². The Kier molecular flexibility index (Phi) is 9.32. The number of hydrogen-bond donors (Lipinski definition) is 3. The van der Waals surface area contributed by atoms with Crippen molar-refractivity contribution in [2.45, 2.75) is 36.0 Å². The molecule has 0 saturated carbocycles. The van der Waals surface area contributed by atoms with E-state index in [1.165, 1.54) is 17.7 Å². The molecule has 13 heteroatoms. The van der Waals surface area contributed by atoms with Crippen LogP contribution in [0.1, 0.15) is 29.4 Å². The third-order valence-corrected chi connectivity index (χ3v) is 7.12. The fraction of sp³-hybridized carbons (Fsp3) is 0.407. The van der Waals surface area contributed by atoms with Gasteiger partial charge in [0.2, 0.25) is 0 Å². The van der Waals surface area contributed by atoms with Gasteiger partial charge in [0.1, 0.15) is 23.4 Å². The number of methoxy groups -OCH3 is 1. The summed E-state index contributed by atoms with van der Waals surface area (Å²) in [6, 6.07) is 9.18. The maximum absolute atomic E-state index is 14.6. The Labute approximate surface area is 233 Å². The summed E-state index contributed by atoms with van der Waals surface area (Å²) in [5, 5.41) is 13.3. The van der Waals surface area contributed by atoms with Gasteiger partial charge in [0.05, 0.1) is 35.8 Å². The lowest BCUT2D eigenvalue weighted by molar-refractivity contribution is -0.0327. The van der Waals surface area contributed by atoms with Gasteiger partial charge in [0.25, 0.3) is 5.91 Å². The van der Waals surface area contributed by atoms with E-state index in [0.29, 0.717) is 42.3 Å². The molecule has 40 heavy (non-hydrogen) atoms. The third-order valence-electron chi connectivity index (χ3n) is 6.28. The summed E-state index contributed by atoms with van der Waals surface area (Å²) >= 11 is -0.285. The molecule has 4 rings (SSSR count). The van der Waals surface area contributed by atoms with Gasteiger partial charge in [-0.05, 0) is 68.4 Å². The number of nitrogens with zero attached hydrogens (tertiary/aromatic N) is 3. The van der Waals surface area contributed by atoms with Crippen LogP contribution in [0.25, 0.3) is 5.52 Å². The van der Waals surface area contributed by atoms with Crippen molar-refractivity contribution in [3.8, 4) is 17.6 Å². The van der Waals surface area contributed by atoms with Crippen LogP contribution < -0.4 is 20.7 Å². The second-order valence-electron chi connectivity index (χ2n) is 9.18. The minimum absolute atomic E-state index is 0.0444. The first-order valence-electron chi connectivity index (χ1n) is 12.6. The van der Waals surface area contributed by atoms with Crippen molar-refractivity contribution in [3.63, 3.8) is 0 Å². The fourth-order valence-corrected chi connectivity index (χ4v) is 5.05. The average Bonchev–Trinajstić information content (AvgIpc) is 3.25. The molecule has 0 spiro atoms. The van der Waals surface area contributed by atoms with Crippen molar-refractivity contribution < 1.29 is 27.1 Å². The minimum atomic E-state index is -4.56. The van der Waals surface area contributed by atoms with Crippen LogP contribution in [-0.2, 0) is 0 Å². The number of halogens is 4. The number of amides is 1. The number of hydrogen-bond acceptors (Lipinski definition) is 7. The van der Waals surface area contributed by atoms with E-state index in [-0.39, 0.29) is 46.9 Å². The SMILES string of the molecule is CCNC(=O)c1ccc(NCC#Cc2nn3c(N[C@@H]4CCN(C)C[C@@H]4F)cccc3c2SC(F)(F)F)c(OC)c1. The highest BCUT2D eigenvalue weighted by molar-refractivity contribution is 8.00. The number of nitrogens with one attached hydrogen (secondary N) is 3. The molecule has 1 aromatic carbocycles. The second-order valence-corrected chi connectivity index (χ2v) is 10.3. The molecule has 0 radical (unpaired) electrons. The van der Waals surface area contributed by atoms with Crippen molar-refractivity contribution in [1.29, 1.82) is 0 Å². The van der Waals surface area contributed by atoms with Crippen molar-refractivity contribution in [3.05, 3.63) is 47.7 Å². The standard InChI is InChI=1S/C27H30F4N6O2S/c1-4-32-26(38)17-10-11-20(23(15-17)39-3)33-13-6-7-21-25(40-27(29,30)31)22-8-5-9-24(37(22)35-21)34-19-12-14-36(2)16-18(19)28/h5,8-11,15,18-19,33-34H,4,12-14,16H2,1-3H3,(H,32,38)/t18-,19+/m0/s1. The maximum Gasteiger partial charge on any atom is 0.446 e. The van der Waals surface area contributed by atoms with Gasteiger partial charge >= 0.3 is 5.51 Å². The zero-order valence-electron chi connectivity index (χ0n) is 22.2. The van der Waals surface area contributed by atoms with Gasteiger partial charge in [0, 0.05) is 25.2 Å². The minimum Gasteiger partial charge on any atom is -0.495 e. The number of benzene rings is 1. The summed E-state index contributed by atoms with van der Waals surface area (Å²) in [5.74, 6) is 6.14. The fourth-order valence-electron chi connectivity index (χ4n) is 4.37. The summed E-state index contributed by atoms with van der Waals surface area (Å²) in [6.45, 7) is 3.35. The van der Waals surface area contributed by atoms with Crippen molar-refractivity contribution in [2.24, 2.45) is 0 Å². The van der Waals surface area contributed by atoms with Gasteiger partial charge < -0.3 is 25.6 Å². The van der Waals surface area contributed by atoms with Crippen LogP contribution in [0.5, 0.6) is 5.75 Å². The van der Waals surface area contributed by atoms with Gasteiger partial charge in [0.15, 0.2) is 0 Å². The Balaban J connectivity index is 1.58. The Morgan fingerprint density at radius 2 is 2.08 bits per heavy atom. The average molecular weight is 579 g/mol. The number of pyridine rings is 1. The highest BCUT2D eigenvalue weighted by atomic mass is 32.2. The Morgan fingerprint density at radius 1 is 1.27 bits per heavy atom. The van der Waals surface area contributed by atoms with Crippen LogP contribution in [0.2, 0.25) is 0 Å². The number of carbonyl (C=O) groups is 1. The van der Waals surface area contributed by atoms with Crippen LogP contribution in [0, 0.1) is 11.8 Å². The first-order valence-corrected chi connectivity index (χ1v) is 13.5. The molecule has 8 nitrogen and oxygen atoms in total. The Morgan fingerprint density at radius 3 is 2.77 bits per heavy atom. The molecule has 1 aliphatic heterocycles. The topological polar surface area (TPSA) is 82.9 Å². The van der Waals surface area contributed by atoms with Gasteiger partial charge in [-0.25, -0.2) is 8.91 Å². The van der Waals surface area contributed by atoms with Gasteiger partial charge in [-0.3, -0.25) is 4.79 Å².